The first kappa shape index (κ1) is 13.9. The third kappa shape index (κ3) is 3.08. The number of aromatic nitrogens is 2. The second-order valence-corrected chi connectivity index (χ2v) is 5.29. The Kier molecular flexibility index (Phi) is 4.44. The van der Waals surface area contributed by atoms with Crippen molar-refractivity contribution in [2.75, 3.05) is 5.43 Å². The standard InChI is InChI=1S/C13H18N4OS/c1-4-5-11-15-12(17-14)8(2)13(16-11)19-10-6-7-18-9(10)3/h6-7H,4-5,14H2,1-3H3,(H,15,16,17). The van der Waals surface area contributed by atoms with Gasteiger partial charge in [0.1, 0.15) is 22.4 Å². The van der Waals surface area contributed by atoms with Crippen molar-refractivity contribution in [2.24, 2.45) is 5.84 Å². The van der Waals surface area contributed by atoms with Crippen molar-refractivity contribution in [3.8, 4) is 0 Å². The molecule has 0 aliphatic carbocycles. The summed E-state index contributed by atoms with van der Waals surface area (Å²) in [7, 11) is 0. The summed E-state index contributed by atoms with van der Waals surface area (Å²) in [4.78, 5) is 10.1. The number of hydrazine groups is 1. The van der Waals surface area contributed by atoms with E-state index in [2.05, 4.69) is 22.3 Å². The summed E-state index contributed by atoms with van der Waals surface area (Å²) < 4.78 is 5.31. The van der Waals surface area contributed by atoms with E-state index >= 15 is 0 Å². The average molecular weight is 278 g/mol. The van der Waals surface area contributed by atoms with Crippen molar-refractivity contribution in [3.63, 3.8) is 0 Å². The molecule has 5 nitrogen and oxygen atoms in total. The van der Waals surface area contributed by atoms with Crippen LogP contribution in [0.25, 0.3) is 0 Å². The van der Waals surface area contributed by atoms with Crippen LogP contribution in [0.2, 0.25) is 0 Å². The van der Waals surface area contributed by atoms with Crippen LogP contribution in [0, 0.1) is 13.8 Å². The van der Waals surface area contributed by atoms with Gasteiger partial charge in [0, 0.05) is 12.0 Å². The molecule has 0 aliphatic rings. The van der Waals surface area contributed by atoms with Gasteiger partial charge in [0.2, 0.25) is 0 Å². The van der Waals surface area contributed by atoms with Crippen LogP contribution in [-0.2, 0) is 6.42 Å². The number of nitrogens with zero attached hydrogens (tertiary/aromatic N) is 2. The Bertz CT molecular complexity index is 568. The van der Waals surface area contributed by atoms with E-state index in [9.17, 15) is 0 Å². The zero-order valence-electron chi connectivity index (χ0n) is 11.4. The number of hydrogen-bond donors (Lipinski definition) is 2. The van der Waals surface area contributed by atoms with Gasteiger partial charge in [-0.2, -0.15) is 0 Å². The fraction of sp³-hybridized carbons (Fsp3) is 0.385. The Hall–Kier alpha value is -1.53. The number of aryl methyl sites for hydroxylation is 2. The molecule has 2 aromatic heterocycles. The lowest BCUT2D eigenvalue weighted by atomic mass is 10.3. The van der Waals surface area contributed by atoms with E-state index in [4.69, 9.17) is 10.3 Å². The molecule has 19 heavy (non-hydrogen) atoms. The van der Waals surface area contributed by atoms with Gasteiger partial charge in [-0.15, -0.1) is 0 Å². The molecule has 0 saturated heterocycles. The van der Waals surface area contributed by atoms with Crippen LogP contribution in [0.4, 0.5) is 5.82 Å². The molecule has 0 aliphatic heterocycles. The van der Waals surface area contributed by atoms with Crippen LogP contribution in [-0.4, -0.2) is 9.97 Å². The highest BCUT2D eigenvalue weighted by molar-refractivity contribution is 7.99. The topological polar surface area (TPSA) is 77.0 Å². The predicted octanol–water partition coefficient (Wildman–Crippen LogP) is 3.08. The Labute approximate surface area is 117 Å². The molecule has 0 bridgehead atoms. The molecule has 2 aromatic rings. The van der Waals surface area contributed by atoms with E-state index in [-0.39, 0.29) is 0 Å². The monoisotopic (exact) mass is 278 g/mol. The Morgan fingerprint density at radius 1 is 1.37 bits per heavy atom. The predicted molar refractivity (Wildman–Crippen MR) is 76.1 cm³/mol. The minimum Gasteiger partial charge on any atom is -0.468 e. The maximum absolute atomic E-state index is 5.52. The molecule has 2 heterocycles. The first-order chi connectivity index (χ1) is 9.15. The van der Waals surface area contributed by atoms with E-state index in [0.29, 0.717) is 5.82 Å². The molecule has 102 valence electrons. The quantitative estimate of drug-likeness (QED) is 0.497. The number of furan rings is 1. The lowest BCUT2D eigenvalue weighted by Crippen LogP contribution is -2.13. The number of nitrogen functional groups attached to an aromatic ring is 1. The van der Waals surface area contributed by atoms with Crippen LogP contribution >= 0.6 is 11.8 Å². The first-order valence-electron chi connectivity index (χ1n) is 6.21. The fourth-order valence-corrected chi connectivity index (χ4v) is 2.62. The zero-order chi connectivity index (χ0) is 13.8. The van der Waals surface area contributed by atoms with Crippen molar-refractivity contribution in [3.05, 3.63) is 29.5 Å². The zero-order valence-corrected chi connectivity index (χ0v) is 12.2. The van der Waals surface area contributed by atoms with Crippen LogP contribution in [0.3, 0.4) is 0 Å². The molecule has 2 rings (SSSR count). The molecule has 0 radical (unpaired) electrons. The van der Waals surface area contributed by atoms with Gasteiger partial charge in [-0.05, 0) is 26.3 Å². The molecule has 0 spiro atoms. The number of anilines is 1. The number of hydrogen-bond acceptors (Lipinski definition) is 6. The van der Waals surface area contributed by atoms with E-state index in [1.54, 1.807) is 18.0 Å². The summed E-state index contributed by atoms with van der Waals surface area (Å²) in [6.45, 7) is 6.00. The highest BCUT2D eigenvalue weighted by Gasteiger charge is 2.13. The van der Waals surface area contributed by atoms with E-state index in [1.807, 2.05) is 19.9 Å². The third-order valence-corrected chi connectivity index (χ3v) is 4.01. The molecule has 0 aromatic carbocycles. The Balaban J connectivity index is 2.37. The van der Waals surface area contributed by atoms with Crippen molar-refractivity contribution in [1.29, 1.82) is 0 Å². The summed E-state index contributed by atoms with van der Waals surface area (Å²) in [6.07, 6.45) is 3.53. The van der Waals surface area contributed by atoms with Gasteiger partial charge < -0.3 is 9.84 Å². The van der Waals surface area contributed by atoms with Crippen molar-refractivity contribution >= 4 is 17.6 Å². The number of nitrogens with one attached hydrogen (secondary N) is 1. The van der Waals surface area contributed by atoms with E-state index in [1.165, 1.54) is 0 Å². The molecule has 0 saturated carbocycles. The maximum Gasteiger partial charge on any atom is 0.147 e. The smallest absolute Gasteiger partial charge is 0.147 e. The summed E-state index contributed by atoms with van der Waals surface area (Å²) in [5.41, 5.74) is 3.59. The van der Waals surface area contributed by atoms with Gasteiger partial charge in [-0.1, -0.05) is 18.7 Å². The van der Waals surface area contributed by atoms with Crippen LogP contribution in [0.15, 0.2) is 26.7 Å². The second kappa shape index (κ2) is 6.08. The van der Waals surface area contributed by atoms with Crippen molar-refractivity contribution in [1.82, 2.24) is 9.97 Å². The molecule has 6 heteroatoms. The highest BCUT2D eigenvalue weighted by atomic mass is 32.2. The summed E-state index contributed by atoms with van der Waals surface area (Å²) in [5.74, 6) is 7.90. The average Bonchev–Trinajstić information content (AvgIpc) is 2.79. The van der Waals surface area contributed by atoms with Crippen LogP contribution in [0.5, 0.6) is 0 Å². The van der Waals surface area contributed by atoms with Crippen molar-refractivity contribution < 1.29 is 4.42 Å². The van der Waals surface area contributed by atoms with Crippen LogP contribution in [0.1, 0.15) is 30.5 Å². The molecule has 0 fully saturated rings. The Morgan fingerprint density at radius 2 is 2.16 bits per heavy atom. The minimum absolute atomic E-state index is 0.682. The normalized spacial score (nSPS) is 10.7. The lowest BCUT2D eigenvalue weighted by Gasteiger charge is -2.11. The minimum atomic E-state index is 0.682. The van der Waals surface area contributed by atoms with Gasteiger partial charge in [0.05, 0.1) is 11.2 Å². The molecular formula is C13H18N4OS. The molecule has 0 amide bonds. The summed E-state index contributed by atoms with van der Waals surface area (Å²) >= 11 is 1.58. The highest BCUT2D eigenvalue weighted by Crippen LogP contribution is 2.33. The van der Waals surface area contributed by atoms with Crippen LogP contribution < -0.4 is 11.3 Å². The van der Waals surface area contributed by atoms with E-state index in [0.717, 1.165) is 39.9 Å². The largest absolute Gasteiger partial charge is 0.468 e. The maximum atomic E-state index is 5.52. The van der Waals surface area contributed by atoms with Gasteiger partial charge in [0.25, 0.3) is 0 Å². The second-order valence-electron chi connectivity index (χ2n) is 4.26. The molecule has 0 unspecified atom stereocenters. The molecular weight excluding hydrogens is 260 g/mol. The van der Waals surface area contributed by atoms with Crippen molar-refractivity contribution in [2.45, 2.75) is 43.5 Å². The molecule has 0 atom stereocenters. The lowest BCUT2D eigenvalue weighted by molar-refractivity contribution is 0.527. The summed E-state index contributed by atoms with van der Waals surface area (Å²) in [6, 6.07) is 1.94. The summed E-state index contributed by atoms with van der Waals surface area (Å²) in [5, 5.41) is 0.913. The fourth-order valence-electron chi connectivity index (χ4n) is 1.70. The van der Waals surface area contributed by atoms with Gasteiger partial charge >= 0.3 is 0 Å². The number of nitrogens with two attached hydrogens (primary N) is 1. The Morgan fingerprint density at radius 3 is 2.74 bits per heavy atom. The van der Waals surface area contributed by atoms with Gasteiger partial charge in [-0.3, -0.25) is 0 Å². The third-order valence-electron chi connectivity index (χ3n) is 2.78. The first-order valence-corrected chi connectivity index (χ1v) is 7.03. The number of rotatable bonds is 5. The van der Waals surface area contributed by atoms with Gasteiger partial charge in [-0.25, -0.2) is 15.8 Å². The molecule has 3 N–H and O–H groups in total. The van der Waals surface area contributed by atoms with E-state index < -0.39 is 0 Å². The van der Waals surface area contributed by atoms with Gasteiger partial charge in [0.15, 0.2) is 0 Å². The SMILES string of the molecule is CCCc1nc(NN)c(C)c(Sc2ccoc2C)n1.